The number of nitrogens with one attached hydrogen (secondary N) is 1. The van der Waals surface area contributed by atoms with Gasteiger partial charge in [0.15, 0.2) is 5.82 Å². The summed E-state index contributed by atoms with van der Waals surface area (Å²) < 4.78 is 3.96. The molecule has 0 bridgehead atoms. The van der Waals surface area contributed by atoms with Crippen LogP contribution < -0.4 is 10.2 Å². The van der Waals surface area contributed by atoms with E-state index >= 15 is 0 Å². The Morgan fingerprint density at radius 2 is 2.36 bits per heavy atom. The lowest BCUT2D eigenvalue weighted by atomic mass is 10.3. The smallest absolute Gasteiger partial charge is 0.409 e. The third kappa shape index (κ3) is 1.92. The number of hydrogen-bond donors (Lipinski definition) is 2. The minimum Gasteiger partial charge on any atom is -0.465 e. The first kappa shape index (κ1) is 10.3. The normalized spacial score (nSPS) is 9.21. The molecule has 0 spiro atoms. The van der Waals surface area contributed by atoms with Crippen molar-refractivity contribution in [2.45, 2.75) is 0 Å². The molecule has 14 heavy (non-hydrogen) atoms. The van der Waals surface area contributed by atoms with Gasteiger partial charge in [-0.05, 0) is 11.5 Å². The molecule has 0 radical (unpaired) electrons. The van der Waals surface area contributed by atoms with E-state index in [-0.39, 0.29) is 10.6 Å². The van der Waals surface area contributed by atoms with Gasteiger partial charge in [-0.25, -0.2) is 4.79 Å². The number of nitrogens with zero attached hydrogens (tertiary/aromatic N) is 3. The van der Waals surface area contributed by atoms with Crippen LogP contribution in [0, 0.1) is 11.3 Å². The third-order valence-electron chi connectivity index (χ3n) is 1.43. The maximum absolute atomic E-state index is 10.4. The predicted octanol–water partition coefficient (Wildman–Crippen LogP) is 1.17. The van der Waals surface area contributed by atoms with Gasteiger partial charge in [-0.1, -0.05) is 0 Å². The molecular weight excluding hydrogens is 204 g/mol. The lowest BCUT2D eigenvalue weighted by Crippen LogP contribution is -2.11. The molecule has 1 aromatic rings. The SMILES string of the molecule is CN(C)c1nsc(NC(=O)O)c1C#N. The van der Waals surface area contributed by atoms with Crippen LogP contribution in [0.4, 0.5) is 15.6 Å². The maximum atomic E-state index is 10.4. The van der Waals surface area contributed by atoms with Gasteiger partial charge in [-0.3, -0.25) is 5.32 Å². The summed E-state index contributed by atoms with van der Waals surface area (Å²) in [5.41, 5.74) is 0.252. The minimum atomic E-state index is -1.20. The van der Waals surface area contributed by atoms with E-state index in [9.17, 15) is 4.79 Å². The van der Waals surface area contributed by atoms with E-state index in [4.69, 9.17) is 10.4 Å². The number of hydrogen-bond acceptors (Lipinski definition) is 5. The standard InChI is InChI=1S/C7H8N4O2S/c1-11(2)5-4(3-8)6(14-10-5)9-7(12)13/h9H,1-2H3,(H,12,13). The van der Waals surface area contributed by atoms with Crippen molar-refractivity contribution in [3.63, 3.8) is 0 Å². The fourth-order valence-corrected chi connectivity index (χ4v) is 1.66. The molecule has 0 saturated heterocycles. The van der Waals surface area contributed by atoms with Gasteiger partial charge >= 0.3 is 6.09 Å². The summed E-state index contributed by atoms with van der Waals surface area (Å²) in [6.45, 7) is 0. The fourth-order valence-electron chi connectivity index (χ4n) is 0.870. The van der Waals surface area contributed by atoms with Crippen molar-refractivity contribution in [2.75, 3.05) is 24.3 Å². The molecule has 0 unspecified atom stereocenters. The van der Waals surface area contributed by atoms with E-state index < -0.39 is 6.09 Å². The molecule has 1 heterocycles. The van der Waals surface area contributed by atoms with Crippen LogP contribution in [0.25, 0.3) is 0 Å². The Hall–Kier alpha value is -1.81. The number of rotatable bonds is 2. The van der Waals surface area contributed by atoms with Crippen LogP contribution in [0.2, 0.25) is 0 Å². The highest BCUT2D eigenvalue weighted by molar-refractivity contribution is 7.11. The second-order valence-corrected chi connectivity index (χ2v) is 3.42. The summed E-state index contributed by atoms with van der Waals surface area (Å²) in [6.07, 6.45) is -1.20. The number of carboxylic acid groups (broad SMARTS) is 1. The molecular formula is C7H8N4O2S. The van der Waals surface area contributed by atoms with Crippen LogP contribution in [-0.2, 0) is 0 Å². The highest BCUT2D eigenvalue weighted by Gasteiger charge is 2.16. The lowest BCUT2D eigenvalue weighted by molar-refractivity contribution is 0.210. The Balaban J connectivity index is 3.09. The van der Waals surface area contributed by atoms with Crippen molar-refractivity contribution in [1.82, 2.24) is 4.37 Å². The van der Waals surface area contributed by atoms with Crippen LogP contribution in [-0.4, -0.2) is 29.7 Å². The summed E-state index contributed by atoms with van der Waals surface area (Å²) in [5.74, 6) is 0.473. The molecule has 0 fully saturated rings. The van der Waals surface area contributed by atoms with Crippen LogP contribution in [0.5, 0.6) is 0 Å². The minimum absolute atomic E-state index is 0.252. The molecule has 2 N–H and O–H groups in total. The van der Waals surface area contributed by atoms with Gasteiger partial charge in [-0.2, -0.15) is 9.64 Å². The second kappa shape index (κ2) is 3.93. The van der Waals surface area contributed by atoms with Gasteiger partial charge in [0.25, 0.3) is 0 Å². The fraction of sp³-hybridized carbons (Fsp3) is 0.286. The monoisotopic (exact) mass is 212 g/mol. The lowest BCUT2D eigenvalue weighted by Gasteiger charge is -2.07. The van der Waals surface area contributed by atoms with E-state index in [1.165, 1.54) is 0 Å². The van der Waals surface area contributed by atoms with Crippen LogP contribution in [0.1, 0.15) is 5.56 Å². The average Bonchev–Trinajstić information content (AvgIpc) is 2.46. The zero-order chi connectivity index (χ0) is 10.7. The van der Waals surface area contributed by atoms with Gasteiger partial charge in [0.05, 0.1) is 0 Å². The van der Waals surface area contributed by atoms with Gasteiger partial charge < -0.3 is 10.0 Å². The van der Waals surface area contributed by atoms with Crippen LogP contribution in [0.15, 0.2) is 0 Å². The Kier molecular flexibility index (Phi) is 2.89. The Bertz CT molecular complexity index is 393. The van der Waals surface area contributed by atoms with Crippen molar-refractivity contribution in [1.29, 1.82) is 5.26 Å². The van der Waals surface area contributed by atoms with Crippen LogP contribution >= 0.6 is 11.5 Å². The zero-order valence-corrected chi connectivity index (χ0v) is 8.42. The molecule has 1 rings (SSSR count). The largest absolute Gasteiger partial charge is 0.465 e. The molecule has 0 aliphatic carbocycles. The van der Waals surface area contributed by atoms with Crippen LogP contribution in [0.3, 0.4) is 0 Å². The van der Waals surface area contributed by atoms with E-state index in [1.54, 1.807) is 19.0 Å². The average molecular weight is 212 g/mol. The Morgan fingerprint density at radius 1 is 1.71 bits per heavy atom. The van der Waals surface area contributed by atoms with E-state index in [0.717, 1.165) is 11.5 Å². The van der Waals surface area contributed by atoms with Crippen molar-refractivity contribution in [2.24, 2.45) is 0 Å². The van der Waals surface area contributed by atoms with E-state index in [0.29, 0.717) is 5.82 Å². The molecule has 0 aliphatic heterocycles. The Morgan fingerprint density at radius 3 is 2.79 bits per heavy atom. The first-order valence-corrected chi connectivity index (χ1v) is 4.40. The zero-order valence-electron chi connectivity index (χ0n) is 7.61. The maximum Gasteiger partial charge on any atom is 0.409 e. The second-order valence-electron chi connectivity index (χ2n) is 2.65. The van der Waals surface area contributed by atoms with Crippen molar-refractivity contribution in [3.8, 4) is 6.07 Å². The van der Waals surface area contributed by atoms with Gasteiger partial charge in [-0.15, -0.1) is 0 Å². The molecule has 0 aliphatic rings. The van der Waals surface area contributed by atoms with Crippen molar-refractivity contribution < 1.29 is 9.90 Å². The predicted molar refractivity (Wildman–Crippen MR) is 52.8 cm³/mol. The number of carbonyl (C=O) groups is 1. The van der Waals surface area contributed by atoms with Crippen molar-refractivity contribution in [3.05, 3.63) is 5.56 Å². The summed E-state index contributed by atoms with van der Waals surface area (Å²) in [4.78, 5) is 12.0. The highest BCUT2D eigenvalue weighted by atomic mass is 32.1. The van der Waals surface area contributed by atoms with Crippen molar-refractivity contribution >= 4 is 28.4 Å². The summed E-state index contributed by atoms with van der Waals surface area (Å²) in [5, 5.41) is 19.7. The summed E-state index contributed by atoms with van der Waals surface area (Å²) >= 11 is 0.951. The number of anilines is 2. The highest BCUT2D eigenvalue weighted by Crippen LogP contribution is 2.29. The molecule has 74 valence electrons. The van der Waals surface area contributed by atoms with Gasteiger partial charge in [0.1, 0.15) is 16.6 Å². The third-order valence-corrected chi connectivity index (χ3v) is 2.18. The van der Waals surface area contributed by atoms with E-state index in [1.807, 2.05) is 6.07 Å². The molecule has 0 aromatic carbocycles. The molecule has 1 amide bonds. The molecule has 0 saturated carbocycles. The molecule has 1 aromatic heterocycles. The number of amides is 1. The first-order valence-electron chi connectivity index (χ1n) is 3.63. The molecule has 6 nitrogen and oxygen atoms in total. The first-order chi connectivity index (χ1) is 6.56. The van der Waals surface area contributed by atoms with Gasteiger partial charge in [0.2, 0.25) is 0 Å². The Labute approximate surface area is 84.6 Å². The molecule has 0 atom stereocenters. The van der Waals surface area contributed by atoms with E-state index in [2.05, 4.69) is 9.69 Å². The number of nitriles is 1. The van der Waals surface area contributed by atoms with Gasteiger partial charge in [0, 0.05) is 14.1 Å². The quantitative estimate of drug-likeness (QED) is 0.768. The molecule has 7 heteroatoms. The topological polar surface area (TPSA) is 89.2 Å². The summed E-state index contributed by atoms with van der Waals surface area (Å²) in [7, 11) is 3.47. The summed E-state index contributed by atoms with van der Waals surface area (Å²) in [6, 6.07) is 1.91. The number of aromatic nitrogens is 1.